The average molecular weight is 368 g/mol. The number of furan rings is 1. The Morgan fingerprint density at radius 1 is 1.15 bits per heavy atom. The molecule has 0 spiro atoms. The summed E-state index contributed by atoms with van der Waals surface area (Å²) in [6.07, 6.45) is -3.19. The number of anilines is 1. The van der Waals surface area contributed by atoms with Gasteiger partial charge < -0.3 is 15.1 Å². The molecule has 0 aliphatic heterocycles. The SMILES string of the molecule is Cc1ccc(NC(=O)C(NC(=O)c2ccco2)C(C)C)cc1C(F)(F)F. The zero-order valence-electron chi connectivity index (χ0n) is 14.5. The fourth-order valence-electron chi connectivity index (χ4n) is 2.38. The van der Waals surface area contributed by atoms with Gasteiger partial charge in [0.05, 0.1) is 11.8 Å². The number of aryl methyl sites for hydroxylation is 1. The van der Waals surface area contributed by atoms with E-state index in [1.165, 1.54) is 37.5 Å². The van der Waals surface area contributed by atoms with Gasteiger partial charge in [-0.2, -0.15) is 13.2 Å². The number of alkyl halides is 3. The van der Waals surface area contributed by atoms with E-state index in [1.54, 1.807) is 13.8 Å². The van der Waals surface area contributed by atoms with Crippen molar-refractivity contribution >= 4 is 17.5 Å². The van der Waals surface area contributed by atoms with Gasteiger partial charge in [-0.25, -0.2) is 0 Å². The largest absolute Gasteiger partial charge is 0.459 e. The van der Waals surface area contributed by atoms with Crippen molar-refractivity contribution in [3.05, 3.63) is 53.5 Å². The number of carbonyl (C=O) groups is 2. The third-order valence-electron chi connectivity index (χ3n) is 3.79. The van der Waals surface area contributed by atoms with Crippen LogP contribution in [0.4, 0.5) is 18.9 Å². The minimum atomic E-state index is -4.52. The van der Waals surface area contributed by atoms with Crippen LogP contribution >= 0.6 is 0 Å². The summed E-state index contributed by atoms with van der Waals surface area (Å²) < 4.78 is 44.0. The van der Waals surface area contributed by atoms with Gasteiger partial charge in [0.2, 0.25) is 5.91 Å². The minimum absolute atomic E-state index is 0.00539. The van der Waals surface area contributed by atoms with E-state index in [4.69, 9.17) is 4.42 Å². The summed E-state index contributed by atoms with van der Waals surface area (Å²) in [6, 6.07) is 5.57. The number of hydrogen-bond donors (Lipinski definition) is 2. The van der Waals surface area contributed by atoms with Crippen LogP contribution in [0.15, 0.2) is 41.0 Å². The van der Waals surface area contributed by atoms with Gasteiger partial charge in [0.15, 0.2) is 5.76 Å². The van der Waals surface area contributed by atoms with Crippen LogP contribution in [0.3, 0.4) is 0 Å². The van der Waals surface area contributed by atoms with Gasteiger partial charge in [-0.05, 0) is 42.7 Å². The van der Waals surface area contributed by atoms with Crippen molar-refractivity contribution in [2.45, 2.75) is 33.0 Å². The monoisotopic (exact) mass is 368 g/mol. The smallest absolute Gasteiger partial charge is 0.416 e. The number of rotatable bonds is 5. The van der Waals surface area contributed by atoms with E-state index in [1.807, 2.05) is 0 Å². The molecule has 2 amide bonds. The molecule has 1 heterocycles. The Kier molecular flexibility index (Phi) is 5.74. The molecule has 2 rings (SSSR count). The Morgan fingerprint density at radius 3 is 2.38 bits per heavy atom. The standard InChI is InChI=1S/C18H19F3N2O3/c1-10(2)15(23-16(24)14-5-4-8-26-14)17(25)22-12-7-6-11(3)13(9-12)18(19,20)21/h4-10,15H,1-3H3,(H,22,25)(H,23,24). The molecule has 0 fully saturated rings. The Bertz CT molecular complexity index is 783. The fraction of sp³-hybridized carbons (Fsp3) is 0.333. The number of nitrogens with one attached hydrogen (secondary N) is 2. The molecule has 1 aromatic carbocycles. The highest BCUT2D eigenvalue weighted by molar-refractivity contribution is 6.00. The van der Waals surface area contributed by atoms with Gasteiger partial charge in [0, 0.05) is 5.69 Å². The first kappa shape index (κ1) is 19.6. The number of benzene rings is 1. The van der Waals surface area contributed by atoms with Crippen molar-refractivity contribution in [3.8, 4) is 0 Å². The molecule has 0 aliphatic carbocycles. The summed E-state index contributed by atoms with van der Waals surface area (Å²) in [5.74, 6) is -1.44. The van der Waals surface area contributed by atoms with Crippen LogP contribution in [-0.2, 0) is 11.0 Å². The van der Waals surface area contributed by atoms with Gasteiger partial charge >= 0.3 is 6.18 Å². The summed E-state index contributed by atoms with van der Waals surface area (Å²) in [5.41, 5.74) is -0.760. The van der Waals surface area contributed by atoms with E-state index < -0.39 is 29.6 Å². The van der Waals surface area contributed by atoms with E-state index in [-0.39, 0.29) is 22.9 Å². The first-order valence-corrected chi connectivity index (χ1v) is 7.92. The van der Waals surface area contributed by atoms with Crippen LogP contribution in [0.5, 0.6) is 0 Å². The Morgan fingerprint density at radius 2 is 1.85 bits per heavy atom. The maximum Gasteiger partial charge on any atom is 0.416 e. The number of carbonyl (C=O) groups excluding carboxylic acids is 2. The van der Waals surface area contributed by atoms with Gasteiger partial charge in [-0.15, -0.1) is 0 Å². The maximum absolute atomic E-state index is 13.0. The molecule has 140 valence electrons. The second-order valence-electron chi connectivity index (χ2n) is 6.19. The van der Waals surface area contributed by atoms with Crippen molar-refractivity contribution in [3.63, 3.8) is 0 Å². The highest BCUT2D eigenvalue weighted by Gasteiger charge is 2.33. The molecule has 2 aromatic rings. The van der Waals surface area contributed by atoms with Crippen LogP contribution in [0.25, 0.3) is 0 Å². The highest BCUT2D eigenvalue weighted by atomic mass is 19.4. The molecule has 0 saturated heterocycles. The molecule has 0 aliphatic rings. The Balaban J connectivity index is 2.16. The number of amides is 2. The lowest BCUT2D eigenvalue weighted by molar-refractivity contribution is -0.138. The Hall–Kier alpha value is -2.77. The van der Waals surface area contributed by atoms with Crippen molar-refractivity contribution in [2.75, 3.05) is 5.32 Å². The van der Waals surface area contributed by atoms with E-state index in [2.05, 4.69) is 10.6 Å². The molecule has 26 heavy (non-hydrogen) atoms. The van der Waals surface area contributed by atoms with Gasteiger partial charge in [-0.3, -0.25) is 9.59 Å². The molecule has 1 atom stereocenters. The van der Waals surface area contributed by atoms with Gasteiger partial charge in [-0.1, -0.05) is 19.9 Å². The molecule has 1 unspecified atom stereocenters. The van der Waals surface area contributed by atoms with E-state index in [0.717, 1.165) is 6.07 Å². The topological polar surface area (TPSA) is 71.3 Å². The fourth-order valence-corrected chi connectivity index (χ4v) is 2.38. The molecule has 8 heteroatoms. The molecule has 0 radical (unpaired) electrons. The predicted molar refractivity (Wildman–Crippen MR) is 89.6 cm³/mol. The first-order chi connectivity index (χ1) is 12.1. The summed E-state index contributed by atoms with van der Waals surface area (Å²) in [4.78, 5) is 24.5. The predicted octanol–water partition coefficient (Wildman–Crippen LogP) is 4.00. The zero-order chi connectivity index (χ0) is 19.5. The zero-order valence-corrected chi connectivity index (χ0v) is 14.5. The van der Waals surface area contributed by atoms with Crippen LogP contribution in [-0.4, -0.2) is 17.9 Å². The van der Waals surface area contributed by atoms with E-state index in [0.29, 0.717) is 0 Å². The lowest BCUT2D eigenvalue weighted by atomic mass is 10.0. The average Bonchev–Trinajstić information content (AvgIpc) is 3.07. The summed E-state index contributed by atoms with van der Waals surface area (Å²) in [5, 5.41) is 4.96. The summed E-state index contributed by atoms with van der Waals surface area (Å²) in [7, 11) is 0. The minimum Gasteiger partial charge on any atom is -0.459 e. The highest BCUT2D eigenvalue weighted by Crippen LogP contribution is 2.33. The van der Waals surface area contributed by atoms with E-state index in [9.17, 15) is 22.8 Å². The van der Waals surface area contributed by atoms with Crippen LogP contribution < -0.4 is 10.6 Å². The van der Waals surface area contributed by atoms with Crippen molar-refractivity contribution in [1.82, 2.24) is 5.32 Å². The molecule has 0 bridgehead atoms. The van der Waals surface area contributed by atoms with Crippen LogP contribution in [0, 0.1) is 12.8 Å². The van der Waals surface area contributed by atoms with E-state index >= 15 is 0 Å². The molecule has 2 N–H and O–H groups in total. The number of halogens is 3. The molecular weight excluding hydrogens is 349 g/mol. The van der Waals surface area contributed by atoms with Crippen molar-refractivity contribution < 1.29 is 27.2 Å². The molecule has 0 saturated carbocycles. The molecule has 1 aromatic heterocycles. The summed E-state index contributed by atoms with van der Waals surface area (Å²) >= 11 is 0. The van der Waals surface area contributed by atoms with Gasteiger partial charge in [0.1, 0.15) is 6.04 Å². The van der Waals surface area contributed by atoms with Crippen LogP contribution in [0.1, 0.15) is 35.5 Å². The maximum atomic E-state index is 13.0. The third-order valence-corrected chi connectivity index (χ3v) is 3.79. The number of hydrogen-bond acceptors (Lipinski definition) is 3. The second-order valence-corrected chi connectivity index (χ2v) is 6.19. The molecular formula is C18H19F3N2O3. The quantitative estimate of drug-likeness (QED) is 0.838. The lowest BCUT2D eigenvalue weighted by Crippen LogP contribution is -2.47. The van der Waals surface area contributed by atoms with Crippen LogP contribution in [0.2, 0.25) is 0 Å². The normalized spacial score (nSPS) is 12.7. The third kappa shape index (κ3) is 4.65. The van der Waals surface area contributed by atoms with Gasteiger partial charge in [0.25, 0.3) is 5.91 Å². The summed E-state index contributed by atoms with van der Waals surface area (Å²) in [6.45, 7) is 4.76. The first-order valence-electron chi connectivity index (χ1n) is 7.92. The van der Waals surface area contributed by atoms with Crippen molar-refractivity contribution in [1.29, 1.82) is 0 Å². The Labute approximate surface area is 148 Å². The second kappa shape index (κ2) is 7.63. The van der Waals surface area contributed by atoms with Crippen molar-refractivity contribution in [2.24, 2.45) is 5.92 Å². The molecule has 5 nitrogen and oxygen atoms in total. The lowest BCUT2D eigenvalue weighted by Gasteiger charge is -2.21.